The standard InChI is InChI=1S/C35H46N4O4S/c1-22(2)33-37-20-32(44-33)27-7-6-8-28(19-27)39(34(40)26-13-15-29(16-14-26)43-35(41)36-4)21-24-9-11-25(12-10-24)30-17-18-31(42-5)23(3)38-30/h6-8,17-20,22,24-26,29H,9-16,21H2,1-5H3,(H,36,41). The summed E-state index contributed by atoms with van der Waals surface area (Å²) < 4.78 is 10.9. The Morgan fingerprint density at radius 1 is 1.05 bits per heavy atom. The molecule has 0 unspecified atom stereocenters. The van der Waals surface area contributed by atoms with E-state index in [0.717, 1.165) is 76.8 Å². The second kappa shape index (κ2) is 14.5. The van der Waals surface area contributed by atoms with Crippen LogP contribution in [0.4, 0.5) is 10.5 Å². The smallest absolute Gasteiger partial charge is 0.407 e. The number of pyridine rings is 1. The molecule has 0 saturated heterocycles. The number of carbonyl (C=O) groups excluding carboxylic acids is 2. The zero-order valence-corrected chi connectivity index (χ0v) is 27.5. The first kappa shape index (κ1) is 31.9. The Labute approximate surface area is 265 Å². The molecule has 236 valence electrons. The molecule has 2 saturated carbocycles. The predicted molar refractivity (Wildman–Crippen MR) is 176 cm³/mol. The first-order valence-corrected chi connectivity index (χ1v) is 16.8. The lowest BCUT2D eigenvalue weighted by molar-refractivity contribution is -0.124. The molecule has 2 heterocycles. The van der Waals surface area contributed by atoms with Gasteiger partial charge >= 0.3 is 6.09 Å². The summed E-state index contributed by atoms with van der Waals surface area (Å²) in [6, 6.07) is 12.5. The number of benzene rings is 1. The van der Waals surface area contributed by atoms with Gasteiger partial charge in [-0.3, -0.25) is 9.78 Å². The van der Waals surface area contributed by atoms with E-state index in [9.17, 15) is 9.59 Å². The largest absolute Gasteiger partial charge is 0.495 e. The van der Waals surface area contributed by atoms with E-state index in [-0.39, 0.29) is 17.9 Å². The number of nitrogens with zero attached hydrogens (tertiary/aromatic N) is 3. The number of carbonyl (C=O) groups is 2. The van der Waals surface area contributed by atoms with Crippen LogP contribution in [-0.2, 0) is 9.53 Å². The fourth-order valence-corrected chi connectivity index (χ4v) is 7.52. The summed E-state index contributed by atoms with van der Waals surface area (Å²) >= 11 is 1.72. The molecular formula is C35H46N4O4S. The molecule has 2 aliphatic carbocycles. The number of anilines is 1. The van der Waals surface area contributed by atoms with Crippen molar-refractivity contribution in [1.82, 2.24) is 15.3 Å². The van der Waals surface area contributed by atoms with Crippen molar-refractivity contribution in [2.75, 3.05) is 25.6 Å². The van der Waals surface area contributed by atoms with Crippen LogP contribution >= 0.6 is 11.3 Å². The van der Waals surface area contributed by atoms with E-state index < -0.39 is 6.09 Å². The summed E-state index contributed by atoms with van der Waals surface area (Å²) in [7, 11) is 3.25. The van der Waals surface area contributed by atoms with Crippen LogP contribution in [0.2, 0.25) is 0 Å². The lowest BCUT2D eigenvalue weighted by Gasteiger charge is -2.36. The summed E-state index contributed by atoms with van der Waals surface area (Å²) in [4.78, 5) is 38.6. The molecule has 44 heavy (non-hydrogen) atoms. The quantitative estimate of drug-likeness (QED) is 0.262. The molecule has 2 fully saturated rings. The van der Waals surface area contributed by atoms with Gasteiger partial charge in [0.2, 0.25) is 5.91 Å². The van der Waals surface area contributed by atoms with Crippen LogP contribution in [0.15, 0.2) is 42.6 Å². The van der Waals surface area contributed by atoms with Gasteiger partial charge in [0, 0.05) is 48.9 Å². The van der Waals surface area contributed by atoms with Crippen LogP contribution in [0.5, 0.6) is 5.75 Å². The molecule has 8 nitrogen and oxygen atoms in total. The number of alkyl carbamates (subject to hydrolysis) is 1. The van der Waals surface area contributed by atoms with Crippen molar-refractivity contribution in [3.8, 4) is 16.2 Å². The van der Waals surface area contributed by atoms with Gasteiger partial charge < -0.3 is 19.7 Å². The van der Waals surface area contributed by atoms with Crippen molar-refractivity contribution in [2.24, 2.45) is 11.8 Å². The highest BCUT2D eigenvalue weighted by atomic mass is 32.1. The molecule has 0 bridgehead atoms. The van der Waals surface area contributed by atoms with E-state index in [0.29, 0.717) is 37.1 Å². The maximum absolute atomic E-state index is 14.3. The Morgan fingerprint density at radius 2 is 1.80 bits per heavy atom. The minimum absolute atomic E-state index is 0.0815. The minimum atomic E-state index is -0.405. The third-order valence-corrected chi connectivity index (χ3v) is 10.6. The molecule has 1 N–H and O–H groups in total. The lowest BCUT2D eigenvalue weighted by Crippen LogP contribution is -2.42. The fraction of sp³-hybridized carbons (Fsp3) is 0.543. The van der Waals surface area contributed by atoms with Gasteiger partial charge in [-0.15, -0.1) is 11.3 Å². The van der Waals surface area contributed by atoms with Gasteiger partial charge in [0.1, 0.15) is 11.9 Å². The maximum atomic E-state index is 14.3. The summed E-state index contributed by atoms with van der Waals surface area (Å²) in [5, 5.41) is 3.65. The Bertz CT molecular complexity index is 1420. The van der Waals surface area contributed by atoms with Crippen LogP contribution in [0.1, 0.15) is 93.4 Å². The van der Waals surface area contributed by atoms with Gasteiger partial charge in [0.15, 0.2) is 0 Å². The Morgan fingerprint density at radius 3 is 2.43 bits per heavy atom. The van der Waals surface area contributed by atoms with E-state index in [1.54, 1.807) is 25.5 Å². The third-order valence-electron chi connectivity index (χ3n) is 9.21. The average Bonchev–Trinajstić information content (AvgIpc) is 3.55. The van der Waals surface area contributed by atoms with Crippen molar-refractivity contribution < 1.29 is 19.1 Å². The fourth-order valence-electron chi connectivity index (χ4n) is 6.61. The van der Waals surface area contributed by atoms with Gasteiger partial charge in [-0.2, -0.15) is 0 Å². The highest BCUT2D eigenvalue weighted by Gasteiger charge is 2.34. The van der Waals surface area contributed by atoms with Crippen molar-refractivity contribution in [3.05, 3.63) is 59.0 Å². The van der Waals surface area contributed by atoms with E-state index in [1.165, 1.54) is 0 Å². The second-order valence-corrected chi connectivity index (χ2v) is 13.6. The van der Waals surface area contributed by atoms with Gasteiger partial charge in [0.25, 0.3) is 0 Å². The zero-order chi connectivity index (χ0) is 31.2. The Balaban J connectivity index is 1.32. The van der Waals surface area contributed by atoms with Crippen LogP contribution in [0.3, 0.4) is 0 Å². The predicted octanol–water partition coefficient (Wildman–Crippen LogP) is 7.87. The molecule has 1 aromatic carbocycles. The second-order valence-electron chi connectivity index (χ2n) is 12.6. The van der Waals surface area contributed by atoms with Gasteiger partial charge in [-0.05, 0) is 94.0 Å². The summed E-state index contributed by atoms with van der Waals surface area (Å²) in [5.41, 5.74) is 4.12. The molecular weight excluding hydrogens is 572 g/mol. The maximum Gasteiger partial charge on any atom is 0.407 e. The number of rotatable bonds is 9. The highest BCUT2D eigenvalue weighted by molar-refractivity contribution is 7.15. The van der Waals surface area contributed by atoms with E-state index in [1.807, 2.05) is 19.2 Å². The van der Waals surface area contributed by atoms with Crippen molar-refractivity contribution in [3.63, 3.8) is 0 Å². The van der Waals surface area contributed by atoms with Gasteiger partial charge in [0.05, 0.1) is 22.7 Å². The lowest BCUT2D eigenvalue weighted by atomic mass is 9.79. The van der Waals surface area contributed by atoms with E-state index in [2.05, 4.69) is 59.4 Å². The van der Waals surface area contributed by atoms with Crippen molar-refractivity contribution in [2.45, 2.75) is 90.1 Å². The number of methoxy groups -OCH3 is 1. The number of amides is 2. The monoisotopic (exact) mass is 618 g/mol. The van der Waals surface area contributed by atoms with Crippen molar-refractivity contribution in [1.29, 1.82) is 0 Å². The molecule has 0 aliphatic heterocycles. The van der Waals surface area contributed by atoms with Crippen LogP contribution in [0, 0.1) is 18.8 Å². The molecule has 2 aromatic heterocycles. The summed E-state index contributed by atoms with van der Waals surface area (Å²) in [6.45, 7) is 7.03. The average molecular weight is 619 g/mol. The van der Waals surface area contributed by atoms with Crippen LogP contribution in [-0.4, -0.2) is 48.8 Å². The SMILES string of the molecule is CNC(=O)OC1CCC(C(=O)N(CC2CCC(c3ccc(OC)c(C)n3)CC2)c2cccc(-c3cnc(C(C)C)s3)c2)CC1. The number of nitrogens with one attached hydrogen (secondary N) is 1. The molecule has 3 aromatic rings. The first-order chi connectivity index (χ1) is 21.2. The van der Waals surface area contributed by atoms with Gasteiger partial charge in [-0.1, -0.05) is 26.0 Å². The topological polar surface area (TPSA) is 93.7 Å². The molecule has 5 rings (SSSR count). The van der Waals surface area contributed by atoms with Crippen molar-refractivity contribution >= 4 is 29.0 Å². The number of ether oxygens (including phenoxy) is 2. The summed E-state index contributed by atoms with van der Waals surface area (Å²) in [6.07, 6.45) is 8.50. The molecule has 9 heteroatoms. The highest BCUT2D eigenvalue weighted by Crippen LogP contribution is 2.39. The zero-order valence-electron chi connectivity index (χ0n) is 26.7. The van der Waals surface area contributed by atoms with Crippen LogP contribution in [0.25, 0.3) is 10.4 Å². The number of aromatic nitrogens is 2. The molecule has 2 aliphatic rings. The van der Waals surface area contributed by atoms with E-state index >= 15 is 0 Å². The molecule has 0 spiro atoms. The first-order valence-electron chi connectivity index (χ1n) is 16.0. The van der Waals surface area contributed by atoms with Crippen LogP contribution < -0.4 is 15.0 Å². The Kier molecular flexibility index (Phi) is 10.6. The molecule has 0 radical (unpaired) electrons. The number of hydrogen-bond donors (Lipinski definition) is 1. The molecule has 2 amide bonds. The van der Waals surface area contributed by atoms with E-state index in [4.69, 9.17) is 14.5 Å². The number of aryl methyl sites for hydroxylation is 1. The molecule has 0 atom stereocenters. The summed E-state index contributed by atoms with van der Waals surface area (Å²) in [5.74, 6) is 2.16. The van der Waals surface area contributed by atoms with Gasteiger partial charge in [-0.25, -0.2) is 9.78 Å². The minimum Gasteiger partial charge on any atom is -0.495 e. The number of thiazole rings is 1. The number of hydrogen-bond acceptors (Lipinski definition) is 7. The Hall–Kier alpha value is -3.46. The third kappa shape index (κ3) is 7.60. The normalized spacial score (nSPS) is 22.0.